The summed E-state index contributed by atoms with van der Waals surface area (Å²) in [6.07, 6.45) is 6.29. The zero-order valence-electron chi connectivity index (χ0n) is 16.3. The van der Waals surface area contributed by atoms with Crippen LogP contribution in [0.5, 0.6) is 0 Å². The van der Waals surface area contributed by atoms with Crippen molar-refractivity contribution in [2.75, 3.05) is 17.4 Å². The van der Waals surface area contributed by atoms with Crippen LogP contribution in [0, 0.1) is 6.92 Å². The number of benzene rings is 2. The average molecular weight is 389 g/mol. The molecule has 0 radical (unpaired) electrons. The van der Waals surface area contributed by atoms with Crippen LogP contribution in [0.4, 0.5) is 11.6 Å². The van der Waals surface area contributed by atoms with Gasteiger partial charge in [0.15, 0.2) is 0 Å². The van der Waals surface area contributed by atoms with E-state index in [1.165, 1.54) is 37.6 Å². The summed E-state index contributed by atoms with van der Waals surface area (Å²) in [5, 5.41) is 9.15. The van der Waals surface area contributed by atoms with E-state index in [-0.39, 0.29) is 17.3 Å². The van der Waals surface area contributed by atoms with Crippen LogP contribution in [0.25, 0.3) is 11.1 Å². The molecular weight excluding hydrogens is 366 g/mol. The Hall–Kier alpha value is -3.19. The first kappa shape index (κ1) is 17.9. The highest BCUT2D eigenvalue weighted by molar-refractivity contribution is 6.04. The van der Waals surface area contributed by atoms with E-state index in [1.807, 2.05) is 25.1 Å². The largest absolute Gasteiger partial charge is 0.289 e. The van der Waals surface area contributed by atoms with Gasteiger partial charge in [-0.15, -0.1) is 5.10 Å². The van der Waals surface area contributed by atoms with E-state index in [1.54, 1.807) is 0 Å². The van der Waals surface area contributed by atoms with Gasteiger partial charge in [-0.1, -0.05) is 31.0 Å². The molecule has 7 heteroatoms. The summed E-state index contributed by atoms with van der Waals surface area (Å²) in [4.78, 5) is 22.3. The molecule has 0 saturated heterocycles. The van der Waals surface area contributed by atoms with Gasteiger partial charge in [-0.25, -0.2) is 4.98 Å². The number of nitrogens with zero attached hydrogens (tertiary/aromatic N) is 2. The van der Waals surface area contributed by atoms with Crippen molar-refractivity contribution >= 4 is 17.5 Å². The summed E-state index contributed by atoms with van der Waals surface area (Å²) in [7, 11) is 0. The molecule has 0 unspecified atom stereocenters. The molecule has 0 bridgehead atoms. The quantitative estimate of drug-likeness (QED) is 0.624. The third-order valence-electron chi connectivity index (χ3n) is 6.13. The van der Waals surface area contributed by atoms with Gasteiger partial charge in [-0.3, -0.25) is 25.5 Å². The number of nitrogens with one attached hydrogen (secondary N) is 3. The molecule has 148 valence electrons. The van der Waals surface area contributed by atoms with Crippen molar-refractivity contribution in [2.24, 2.45) is 0 Å². The fraction of sp³-hybridized carbons (Fsp3) is 0.318. The SMILES string of the molecule is Cc1ccc(C(=O)Nc2nc[nH]n2)cc1-c1ccc2c(c1)NOCC21CCCC1. The number of amides is 1. The number of aromatic nitrogens is 3. The number of hydrogen-bond acceptors (Lipinski definition) is 5. The molecule has 0 atom stereocenters. The van der Waals surface area contributed by atoms with Gasteiger partial charge in [0.25, 0.3) is 5.91 Å². The summed E-state index contributed by atoms with van der Waals surface area (Å²) >= 11 is 0. The molecular formula is C22H23N5O2. The maximum atomic E-state index is 12.6. The fourth-order valence-corrected chi connectivity index (χ4v) is 4.57. The maximum Gasteiger partial charge on any atom is 0.258 e. The second-order valence-corrected chi connectivity index (χ2v) is 7.95. The number of hydrogen-bond donors (Lipinski definition) is 3. The second kappa shape index (κ2) is 7.00. The van der Waals surface area contributed by atoms with Crippen LogP contribution < -0.4 is 10.8 Å². The van der Waals surface area contributed by atoms with E-state index in [4.69, 9.17) is 4.84 Å². The van der Waals surface area contributed by atoms with Gasteiger partial charge in [-0.2, -0.15) is 0 Å². The Kier molecular flexibility index (Phi) is 4.32. The lowest BCUT2D eigenvalue weighted by molar-refractivity contribution is 0.102. The highest BCUT2D eigenvalue weighted by Gasteiger charge is 2.40. The van der Waals surface area contributed by atoms with Crippen molar-refractivity contribution in [3.63, 3.8) is 0 Å². The summed E-state index contributed by atoms with van der Waals surface area (Å²) in [6.45, 7) is 2.78. The molecule has 7 nitrogen and oxygen atoms in total. The highest BCUT2D eigenvalue weighted by Crippen LogP contribution is 2.47. The van der Waals surface area contributed by atoms with Crippen LogP contribution in [0.15, 0.2) is 42.7 Å². The molecule has 3 N–H and O–H groups in total. The smallest absolute Gasteiger partial charge is 0.258 e. The molecule has 1 aromatic heterocycles. The third kappa shape index (κ3) is 3.17. The predicted octanol–water partition coefficient (Wildman–Crippen LogP) is 4.20. The van der Waals surface area contributed by atoms with Crippen molar-refractivity contribution in [3.05, 3.63) is 59.4 Å². The molecule has 5 rings (SSSR count). The molecule has 2 aromatic carbocycles. The first-order valence-corrected chi connectivity index (χ1v) is 9.95. The van der Waals surface area contributed by atoms with Crippen molar-refractivity contribution in [3.8, 4) is 11.1 Å². The van der Waals surface area contributed by atoms with Gasteiger partial charge in [-0.05, 0) is 60.2 Å². The van der Waals surface area contributed by atoms with Crippen LogP contribution in [0.1, 0.15) is 47.2 Å². The summed E-state index contributed by atoms with van der Waals surface area (Å²) in [5.74, 6) is 0.0179. The lowest BCUT2D eigenvalue weighted by atomic mass is 9.77. The van der Waals surface area contributed by atoms with Gasteiger partial charge in [0.1, 0.15) is 6.33 Å². The molecule has 1 amide bonds. The Balaban J connectivity index is 1.49. The molecule has 1 saturated carbocycles. The van der Waals surface area contributed by atoms with E-state index < -0.39 is 0 Å². The van der Waals surface area contributed by atoms with Gasteiger partial charge in [0.05, 0.1) is 12.3 Å². The average Bonchev–Trinajstić information content (AvgIpc) is 3.41. The van der Waals surface area contributed by atoms with Gasteiger partial charge < -0.3 is 0 Å². The first-order chi connectivity index (χ1) is 14.1. The molecule has 1 aliphatic heterocycles. The number of H-pyrrole nitrogens is 1. The summed E-state index contributed by atoms with van der Waals surface area (Å²) < 4.78 is 0. The van der Waals surface area contributed by atoms with E-state index in [0.29, 0.717) is 5.56 Å². The van der Waals surface area contributed by atoms with Crippen molar-refractivity contribution < 1.29 is 9.63 Å². The molecule has 1 spiro atoms. The minimum atomic E-state index is -0.241. The van der Waals surface area contributed by atoms with Crippen LogP contribution >= 0.6 is 0 Å². The number of fused-ring (bicyclic) bond motifs is 2. The molecule has 2 heterocycles. The predicted molar refractivity (Wildman–Crippen MR) is 111 cm³/mol. The Morgan fingerprint density at radius 2 is 2.03 bits per heavy atom. The number of carbonyl (C=O) groups is 1. The Labute approximate surface area is 168 Å². The van der Waals surface area contributed by atoms with Crippen molar-refractivity contribution in [1.82, 2.24) is 15.2 Å². The number of aryl methyl sites for hydroxylation is 1. The minimum Gasteiger partial charge on any atom is -0.289 e. The molecule has 3 aromatic rings. The lowest BCUT2D eigenvalue weighted by Gasteiger charge is -2.36. The van der Waals surface area contributed by atoms with Crippen molar-refractivity contribution in [1.29, 1.82) is 0 Å². The maximum absolute atomic E-state index is 12.6. The van der Waals surface area contributed by atoms with E-state index in [2.05, 4.69) is 44.2 Å². The van der Waals surface area contributed by atoms with Crippen LogP contribution in [-0.2, 0) is 10.3 Å². The monoisotopic (exact) mass is 389 g/mol. The van der Waals surface area contributed by atoms with Gasteiger partial charge in [0, 0.05) is 11.0 Å². The van der Waals surface area contributed by atoms with Crippen LogP contribution in [-0.4, -0.2) is 27.7 Å². The van der Waals surface area contributed by atoms with Crippen molar-refractivity contribution in [2.45, 2.75) is 38.0 Å². The second-order valence-electron chi connectivity index (χ2n) is 7.95. The zero-order valence-corrected chi connectivity index (χ0v) is 16.3. The molecule has 29 heavy (non-hydrogen) atoms. The van der Waals surface area contributed by atoms with E-state index in [9.17, 15) is 4.79 Å². The minimum absolute atomic E-state index is 0.145. The molecule has 1 aliphatic carbocycles. The standard InChI is InChI=1S/C22H23N5O2/c1-14-4-5-16(20(28)25-21-23-13-24-26-21)10-17(14)15-6-7-18-19(11-15)27-29-12-22(18)8-2-3-9-22/h4-7,10-11,13,27H,2-3,8-9,12H2,1H3,(H2,23,24,25,26,28). The van der Waals surface area contributed by atoms with Gasteiger partial charge in [0.2, 0.25) is 5.95 Å². The zero-order chi connectivity index (χ0) is 19.8. The van der Waals surface area contributed by atoms with E-state index >= 15 is 0 Å². The summed E-state index contributed by atoms with van der Waals surface area (Å²) in [5.41, 5.74) is 9.37. The molecule has 2 aliphatic rings. The Morgan fingerprint density at radius 3 is 2.83 bits per heavy atom. The lowest BCUT2D eigenvalue weighted by Crippen LogP contribution is -2.35. The highest BCUT2D eigenvalue weighted by atomic mass is 16.6. The van der Waals surface area contributed by atoms with E-state index in [0.717, 1.165) is 29.0 Å². The molecule has 1 fully saturated rings. The third-order valence-corrected chi connectivity index (χ3v) is 6.13. The summed E-state index contributed by atoms with van der Waals surface area (Å²) in [6, 6.07) is 12.2. The van der Waals surface area contributed by atoms with Crippen LogP contribution in [0.3, 0.4) is 0 Å². The Bertz CT molecular complexity index is 1060. The Morgan fingerprint density at radius 1 is 1.17 bits per heavy atom. The topological polar surface area (TPSA) is 91.9 Å². The first-order valence-electron chi connectivity index (χ1n) is 9.95. The number of anilines is 2. The number of rotatable bonds is 3. The number of carbonyl (C=O) groups excluding carboxylic acids is 1. The normalized spacial score (nSPS) is 17.0. The fourth-order valence-electron chi connectivity index (χ4n) is 4.57. The van der Waals surface area contributed by atoms with Gasteiger partial charge >= 0.3 is 0 Å². The van der Waals surface area contributed by atoms with Crippen LogP contribution in [0.2, 0.25) is 0 Å². The number of aromatic amines is 1.